The van der Waals surface area contributed by atoms with Gasteiger partial charge in [0.15, 0.2) is 0 Å². The van der Waals surface area contributed by atoms with E-state index in [4.69, 9.17) is 9.47 Å². The molecule has 0 aromatic heterocycles. The van der Waals surface area contributed by atoms with Gasteiger partial charge in [-0.25, -0.2) is 4.79 Å². The van der Waals surface area contributed by atoms with E-state index in [0.29, 0.717) is 25.1 Å². The zero-order valence-electron chi connectivity index (χ0n) is 14.5. The molecule has 4 rings (SSSR count). The van der Waals surface area contributed by atoms with Gasteiger partial charge in [0.1, 0.15) is 18.4 Å². The number of amides is 1. The predicted molar refractivity (Wildman–Crippen MR) is 95.9 cm³/mol. The molecule has 5 heteroatoms. The molecule has 26 heavy (non-hydrogen) atoms. The van der Waals surface area contributed by atoms with Crippen molar-refractivity contribution in [3.05, 3.63) is 65.2 Å². The Bertz CT molecular complexity index is 818. The minimum Gasteiger partial charge on any atom is -0.493 e. The minimum absolute atomic E-state index is 0.111. The molecule has 2 aromatic carbocycles. The smallest absolute Gasteiger partial charge is 0.329 e. The van der Waals surface area contributed by atoms with E-state index in [2.05, 4.69) is 0 Å². The highest BCUT2D eigenvalue weighted by Gasteiger charge is 2.35. The summed E-state index contributed by atoms with van der Waals surface area (Å²) in [5.41, 5.74) is 2.70. The Kier molecular flexibility index (Phi) is 4.61. The van der Waals surface area contributed by atoms with Crippen LogP contribution in [0.4, 0.5) is 0 Å². The molecular weight excluding hydrogens is 330 g/mol. The standard InChI is InChI=1S/C21H21NO4/c23-20(16-5-2-1-3-6-16)22-11-4-7-18(22)21(24)26-14-15-8-9-19-17(13-15)10-12-25-19/h1-3,5-6,8-9,13,18H,4,7,10-12,14H2/t18-/m1/s1. The van der Waals surface area contributed by atoms with Gasteiger partial charge in [0.25, 0.3) is 5.91 Å². The Morgan fingerprint density at radius 2 is 2.00 bits per heavy atom. The van der Waals surface area contributed by atoms with Gasteiger partial charge in [-0.3, -0.25) is 4.79 Å². The van der Waals surface area contributed by atoms with Crippen molar-refractivity contribution in [1.29, 1.82) is 0 Å². The van der Waals surface area contributed by atoms with E-state index in [1.54, 1.807) is 17.0 Å². The summed E-state index contributed by atoms with van der Waals surface area (Å²) in [4.78, 5) is 26.9. The first-order valence-electron chi connectivity index (χ1n) is 8.99. The molecule has 0 bridgehead atoms. The lowest BCUT2D eigenvalue weighted by Crippen LogP contribution is -2.41. The Hall–Kier alpha value is -2.82. The van der Waals surface area contributed by atoms with E-state index in [9.17, 15) is 9.59 Å². The predicted octanol–water partition coefficient (Wildman–Crippen LogP) is 2.97. The van der Waals surface area contributed by atoms with E-state index in [-0.39, 0.29) is 18.5 Å². The summed E-state index contributed by atoms with van der Waals surface area (Å²) in [5, 5.41) is 0. The Labute approximate surface area is 152 Å². The van der Waals surface area contributed by atoms with Gasteiger partial charge in [-0.05, 0) is 48.2 Å². The van der Waals surface area contributed by atoms with E-state index in [1.165, 1.54) is 0 Å². The molecule has 1 saturated heterocycles. The number of ether oxygens (including phenoxy) is 2. The molecule has 1 amide bonds. The minimum atomic E-state index is -0.500. The third-order valence-corrected chi connectivity index (χ3v) is 4.94. The molecule has 134 valence electrons. The van der Waals surface area contributed by atoms with Crippen LogP contribution >= 0.6 is 0 Å². The summed E-state index contributed by atoms with van der Waals surface area (Å²) in [7, 11) is 0. The summed E-state index contributed by atoms with van der Waals surface area (Å²) in [6.45, 7) is 1.51. The number of likely N-dealkylation sites (tertiary alicyclic amines) is 1. The number of carbonyl (C=O) groups excluding carboxylic acids is 2. The number of hydrogen-bond acceptors (Lipinski definition) is 4. The molecule has 1 atom stereocenters. The molecule has 0 aliphatic carbocycles. The maximum Gasteiger partial charge on any atom is 0.329 e. The number of fused-ring (bicyclic) bond motifs is 1. The average Bonchev–Trinajstić information content (AvgIpc) is 3.35. The number of rotatable bonds is 4. The molecular formula is C21H21NO4. The number of esters is 1. The van der Waals surface area contributed by atoms with E-state index in [1.807, 2.05) is 36.4 Å². The van der Waals surface area contributed by atoms with E-state index in [0.717, 1.165) is 29.7 Å². The highest BCUT2D eigenvalue weighted by molar-refractivity contribution is 5.97. The van der Waals surface area contributed by atoms with Crippen molar-refractivity contribution in [1.82, 2.24) is 4.90 Å². The third-order valence-electron chi connectivity index (χ3n) is 4.94. The fraction of sp³-hybridized carbons (Fsp3) is 0.333. The van der Waals surface area contributed by atoms with Crippen molar-refractivity contribution in [2.75, 3.05) is 13.2 Å². The Morgan fingerprint density at radius 1 is 1.15 bits per heavy atom. The normalized spacial score (nSPS) is 18.3. The van der Waals surface area contributed by atoms with E-state index < -0.39 is 6.04 Å². The second-order valence-electron chi connectivity index (χ2n) is 6.67. The summed E-state index contributed by atoms with van der Waals surface area (Å²) in [5.74, 6) is 0.471. The van der Waals surface area contributed by atoms with Gasteiger partial charge < -0.3 is 14.4 Å². The maximum atomic E-state index is 12.7. The number of nitrogens with zero attached hydrogens (tertiary/aromatic N) is 1. The lowest BCUT2D eigenvalue weighted by molar-refractivity contribution is -0.149. The zero-order valence-corrected chi connectivity index (χ0v) is 14.5. The molecule has 2 heterocycles. The molecule has 2 aromatic rings. The average molecular weight is 351 g/mol. The first kappa shape index (κ1) is 16.6. The molecule has 2 aliphatic rings. The van der Waals surface area contributed by atoms with Crippen molar-refractivity contribution in [3.63, 3.8) is 0 Å². The highest BCUT2D eigenvalue weighted by Crippen LogP contribution is 2.26. The quantitative estimate of drug-likeness (QED) is 0.795. The topological polar surface area (TPSA) is 55.8 Å². The van der Waals surface area contributed by atoms with Gasteiger partial charge >= 0.3 is 5.97 Å². The molecule has 0 N–H and O–H groups in total. The van der Waals surface area contributed by atoms with E-state index >= 15 is 0 Å². The van der Waals surface area contributed by atoms with Crippen LogP contribution in [0.15, 0.2) is 48.5 Å². The number of benzene rings is 2. The van der Waals surface area contributed by atoms with Gasteiger partial charge in [0.2, 0.25) is 0 Å². The Balaban J connectivity index is 1.40. The van der Waals surface area contributed by atoms with Crippen molar-refractivity contribution < 1.29 is 19.1 Å². The number of carbonyl (C=O) groups is 2. The summed E-state index contributed by atoms with van der Waals surface area (Å²) >= 11 is 0. The first-order valence-corrected chi connectivity index (χ1v) is 8.99. The van der Waals surface area contributed by atoms with Crippen LogP contribution in [0.25, 0.3) is 0 Å². The van der Waals surface area contributed by atoms with Crippen LogP contribution < -0.4 is 4.74 Å². The van der Waals surface area contributed by atoms with Gasteiger partial charge in [0, 0.05) is 18.5 Å². The van der Waals surface area contributed by atoms with Crippen LogP contribution in [0.5, 0.6) is 5.75 Å². The molecule has 0 radical (unpaired) electrons. The van der Waals surface area contributed by atoms with Gasteiger partial charge in [-0.2, -0.15) is 0 Å². The molecule has 0 saturated carbocycles. The van der Waals surface area contributed by atoms with Crippen LogP contribution in [0.3, 0.4) is 0 Å². The SMILES string of the molecule is O=C(OCc1ccc2c(c1)CCO2)[C@H]1CCCN1C(=O)c1ccccc1. The molecule has 0 unspecified atom stereocenters. The van der Waals surface area contributed by atoms with Crippen molar-refractivity contribution in [2.45, 2.75) is 31.9 Å². The van der Waals surface area contributed by atoms with Crippen LogP contribution in [-0.2, 0) is 22.6 Å². The fourth-order valence-corrected chi connectivity index (χ4v) is 3.58. The first-order chi connectivity index (χ1) is 12.7. The highest BCUT2D eigenvalue weighted by atomic mass is 16.5. The van der Waals surface area contributed by atoms with Gasteiger partial charge in [-0.1, -0.05) is 24.3 Å². The largest absolute Gasteiger partial charge is 0.493 e. The number of hydrogen-bond donors (Lipinski definition) is 0. The zero-order chi connectivity index (χ0) is 17.9. The van der Waals surface area contributed by atoms with Crippen molar-refractivity contribution >= 4 is 11.9 Å². The molecule has 0 spiro atoms. The maximum absolute atomic E-state index is 12.7. The van der Waals surface area contributed by atoms with Crippen molar-refractivity contribution in [2.24, 2.45) is 0 Å². The van der Waals surface area contributed by atoms with Gasteiger partial charge in [-0.15, -0.1) is 0 Å². The van der Waals surface area contributed by atoms with Crippen LogP contribution in [0, 0.1) is 0 Å². The summed E-state index contributed by atoms with van der Waals surface area (Å²) < 4.78 is 11.0. The van der Waals surface area contributed by atoms with Crippen LogP contribution in [0.2, 0.25) is 0 Å². The lowest BCUT2D eigenvalue weighted by atomic mass is 10.1. The summed E-state index contributed by atoms with van der Waals surface area (Å²) in [6.07, 6.45) is 2.35. The van der Waals surface area contributed by atoms with Crippen molar-refractivity contribution in [3.8, 4) is 5.75 Å². The van der Waals surface area contributed by atoms with Crippen LogP contribution in [0.1, 0.15) is 34.3 Å². The molecule has 2 aliphatic heterocycles. The monoisotopic (exact) mass is 351 g/mol. The van der Waals surface area contributed by atoms with Crippen LogP contribution in [-0.4, -0.2) is 36.0 Å². The van der Waals surface area contributed by atoms with Gasteiger partial charge in [0.05, 0.1) is 6.61 Å². The molecule has 5 nitrogen and oxygen atoms in total. The summed E-state index contributed by atoms with van der Waals surface area (Å²) in [6, 6.07) is 14.4. The lowest BCUT2D eigenvalue weighted by Gasteiger charge is -2.23. The third kappa shape index (κ3) is 3.29. The second-order valence-corrected chi connectivity index (χ2v) is 6.67. The second kappa shape index (κ2) is 7.20. The Morgan fingerprint density at radius 3 is 2.85 bits per heavy atom. The molecule has 1 fully saturated rings. The fourth-order valence-electron chi connectivity index (χ4n) is 3.58.